The number of carbonyl (C=O) groups excluding carboxylic acids is 3. The fourth-order valence-electron chi connectivity index (χ4n) is 2.51. The first-order valence-electron chi connectivity index (χ1n) is 9.61. The van der Waals surface area contributed by atoms with Crippen LogP contribution in [0.15, 0.2) is 54.6 Å². The summed E-state index contributed by atoms with van der Waals surface area (Å²) in [5.41, 5.74) is 4.62. The highest BCUT2D eigenvalue weighted by molar-refractivity contribution is 7.90. The first-order chi connectivity index (χ1) is 15.0. The SMILES string of the molecule is C[C@@H](Oc1ccc(F)cc1)C(=O)NNC(=O)[C@@H](CCS(C)(=O)=O)NC(=O)c1ccccc1. The van der Waals surface area contributed by atoms with Crippen molar-refractivity contribution in [3.8, 4) is 5.75 Å². The van der Waals surface area contributed by atoms with Crippen molar-refractivity contribution in [2.24, 2.45) is 0 Å². The summed E-state index contributed by atoms with van der Waals surface area (Å²) in [4.78, 5) is 37.1. The van der Waals surface area contributed by atoms with Gasteiger partial charge in [-0.05, 0) is 49.7 Å². The maximum absolute atomic E-state index is 13.0. The Morgan fingerprint density at radius 2 is 1.56 bits per heavy atom. The molecule has 2 atom stereocenters. The van der Waals surface area contributed by atoms with E-state index in [0.717, 1.165) is 6.26 Å². The molecule has 3 N–H and O–H groups in total. The topological polar surface area (TPSA) is 131 Å². The number of carbonyl (C=O) groups is 3. The first kappa shape index (κ1) is 24.8. The van der Waals surface area contributed by atoms with E-state index in [1.807, 2.05) is 0 Å². The molecule has 2 aromatic rings. The Morgan fingerprint density at radius 1 is 0.969 bits per heavy atom. The summed E-state index contributed by atoms with van der Waals surface area (Å²) in [5, 5.41) is 2.47. The summed E-state index contributed by atoms with van der Waals surface area (Å²) in [5.74, 6) is -2.64. The van der Waals surface area contributed by atoms with Gasteiger partial charge in [0.15, 0.2) is 6.10 Å². The number of ether oxygens (including phenoxy) is 1. The number of nitrogens with one attached hydrogen (secondary N) is 3. The molecule has 2 aromatic carbocycles. The van der Waals surface area contributed by atoms with Crippen molar-refractivity contribution in [3.63, 3.8) is 0 Å². The number of hydrogen-bond acceptors (Lipinski definition) is 6. The molecule has 32 heavy (non-hydrogen) atoms. The lowest BCUT2D eigenvalue weighted by Crippen LogP contribution is -2.54. The smallest absolute Gasteiger partial charge is 0.279 e. The second kappa shape index (κ2) is 11.2. The second-order valence-electron chi connectivity index (χ2n) is 7.00. The minimum atomic E-state index is -3.40. The van der Waals surface area contributed by atoms with Crippen molar-refractivity contribution in [2.75, 3.05) is 12.0 Å². The van der Waals surface area contributed by atoms with Crippen LogP contribution in [0.25, 0.3) is 0 Å². The van der Waals surface area contributed by atoms with Crippen molar-refractivity contribution >= 4 is 27.6 Å². The van der Waals surface area contributed by atoms with Gasteiger partial charge in [0.1, 0.15) is 27.4 Å². The molecule has 0 aliphatic carbocycles. The standard InChI is InChI=1S/C21H24FN3O6S/c1-14(31-17-10-8-16(22)9-11-17)19(26)24-25-21(28)18(12-13-32(2,29)30)23-20(27)15-6-4-3-5-7-15/h3-11,14,18H,12-13H2,1-2H3,(H,23,27)(H,24,26)(H,25,28)/t14-,18-/m1/s1. The Bertz CT molecular complexity index is 1040. The van der Waals surface area contributed by atoms with Gasteiger partial charge in [-0.2, -0.15) is 0 Å². The Morgan fingerprint density at radius 3 is 2.16 bits per heavy atom. The van der Waals surface area contributed by atoms with Crippen LogP contribution in [0.5, 0.6) is 5.75 Å². The largest absolute Gasteiger partial charge is 0.481 e. The highest BCUT2D eigenvalue weighted by atomic mass is 32.2. The summed E-state index contributed by atoms with van der Waals surface area (Å²) in [6, 6.07) is 11.9. The lowest BCUT2D eigenvalue weighted by atomic mass is 10.1. The molecule has 2 rings (SSSR count). The molecule has 0 aliphatic rings. The Balaban J connectivity index is 1.97. The third kappa shape index (κ3) is 8.34. The second-order valence-corrected chi connectivity index (χ2v) is 9.26. The lowest BCUT2D eigenvalue weighted by Gasteiger charge is -2.20. The number of halogens is 1. The van der Waals surface area contributed by atoms with Crippen LogP contribution in [0.4, 0.5) is 4.39 Å². The molecule has 0 bridgehead atoms. The van der Waals surface area contributed by atoms with Gasteiger partial charge in [0.05, 0.1) is 5.75 Å². The van der Waals surface area contributed by atoms with Crippen molar-refractivity contribution in [1.82, 2.24) is 16.2 Å². The van der Waals surface area contributed by atoms with Gasteiger partial charge in [-0.25, -0.2) is 12.8 Å². The molecule has 0 aliphatic heterocycles. The van der Waals surface area contributed by atoms with Gasteiger partial charge >= 0.3 is 0 Å². The first-order valence-corrected chi connectivity index (χ1v) is 11.7. The van der Waals surface area contributed by atoms with E-state index < -0.39 is 45.5 Å². The van der Waals surface area contributed by atoms with Crippen molar-refractivity contribution in [2.45, 2.75) is 25.5 Å². The Hall–Kier alpha value is -3.47. The summed E-state index contributed by atoms with van der Waals surface area (Å²) in [6.07, 6.45) is -0.216. The van der Waals surface area contributed by atoms with E-state index in [-0.39, 0.29) is 23.5 Å². The van der Waals surface area contributed by atoms with Gasteiger partial charge in [-0.15, -0.1) is 0 Å². The monoisotopic (exact) mass is 465 g/mol. The zero-order valence-electron chi connectivity index (χ0n) is 17.5. The maximum atomic E-state index is 13.0. The van der Waals surface area contributed by atoms with Gasteiger partial charge in [0, 0.05) is 11.8 Å². The predicted octanol–water partition coefficient (Wildman–Crippen LogP) is 0.974. The Kier molecular flexibility index (Phi) is 8.71. The molecule has 0 radical (unpaired) electrons. The van der Waals surface area contributed by atoms with Crippen molar-refractivity contribution in [1.29, 1.82) is 0 Å². The number of amides is 3. The van der Waals surface area contributed by atoms with Gasteiger partial charge in [0.2, 0.25) is 0 Å². The fraction of sp³-hybridized carbons (Fsp3) is 0.286. The van der Waals surface area contributed by atoms with Crippen molar-refractivity contribution in [3.05, 3.63) is 66.0 Å². The van der Waals surface area contributed by atoms with Crippen LogP contribution in [-0.2, 0) is 19.4 Å². The molecule has 0 saturated heterocycles. The molecule has 0 unspecified atom stereocenters. The average molecular weight is 466 g/mol. The van der Waals surface area contributed by atoms with Gasteiger partial charge in [0.25, 0.3) is 17.7 Å². The van der Waals surface area contributed by atoms with Crippen LogP contribution < -0.4 is 20.9 Å². The van der Waals surface area contributed by atoms with Crippen LogP contribution in [0, 0.1) is 5.82 Å². The van der Waals surface area contributed by atoms with Crippen LogP contribution >= 0.6 is 0 Å². The molecule has 0 spiro atoms. The zero-order valence-corrected chi connectivity index (χ0v) is 18.3. The van der Waals surface area contributed by atoms with E-state index in [0.29, 0.717) is 0 Å². The molecular formula is C21H24FN3O6S. The summed E-state index contributed by atoms with van der Waals surface area (Å²) < 4.78 is 41.3. The molecule has 0 aromatic heterocycles. The maximum Gasteiger partial charge on any atom is 0.279 e. The van der Waals surface area contributed by atoms with E-state index in [1.54, 1.807) is 18.2 Å². The van der Waals surface area contributed by atoms with E-state index in [2.05, 4.69) is 16.2 Å². The van der Waals surface area contributed by atoms with Gasteiger partial charge in [-0.3, -0.25) is 25.2 Å². The van der Waals surface area contributed by atoms with Gasteiger partial charge < -0.3 is 10.1 Å². The average Bonchev–Trinajstić information content (AvgIpc) is 2.76. The van der Waals surface area contributed by atoms with Crippen molar-refractivity contribution < 1.29 is 31.9 Å². The van der Waals surface area contributed by atoms with Crippen LogP contribution in [0.2, 0.25) is 0 Å². The number of hydrazine groups is 1. The number of rotatable bonds is 9. The quantitative estimate of drug-likeness (QED) is 0.473. The third-order valence-corrected chi connectivity index (χ3v) is 5.22. The minimum absolute atomic E-state index is 0.194. The fourth-order valence-corrected chi connectivity index (χ4v) is 3.18. The van der Waals surface area contributed by atoms with Crippen LogP contribution in [0.3, 0.4) is 0 Å². The molecule has 0 heterocycles. The zero-order chi connectivity index (χ0) is 23.7. The Labute approximate surface area is 185 Å². The third-order valence-electron chi connectivity index (χ3n) is 4.24. The number of benzene rings is 2. The highest BCUT2D eigenvalue weighted by Crippen LogP contribution is 2.13. The normalized spacial score (nSPS) is 12.8. The highest BCUT2D eigenvalue weighted by Gasteiger charge is 2.24. The summed E-state index contributed by atoms with van der Waals surface area (Å²) in [6.45, 7) is 1.42. The van der Waals surface area contributed by atoms with Crippen LogP contribution in [0.1, 0.15) is 23.7 Å². The molecule has 3 amide bonds. The number of sulfone groups is 1. The molecule has 9 nitrogen and oxygen atoms in total. The summed E-state index contributed by atoms with van der Waals surface area (Å²) >= 11 is 0. The van der Waals surface area contributed by atoms with E-state index in [1.165, 1.54) is 43.3 Å². The minimum Gasteiger partial charge on any atom is -0.481 e. The van der Waals surface area contributed by atoms with Crippen LogP contribution in [-0.4, -0.2) is 50.3 Å². The lowest BCUT2D eigenvalue weighted by molar-refractivity contribution is -0.133. The number of hydrogen-bond donors (Lipinski definition) is 3. The molecule has 0 fully saturated rings. The van der Waals surface area contributed by atoms with E-state index >= 15 is 0 Å². The van der Waals surface area contributed by atoms with E-state index in [9.17, 15) is 27.2 Å². The molecule has 0 saturated carbocycles. The van der Waals surface area contributed by atoms with Gasteiger partial charge in [-0.1, -0.05) is 18.2 Å². The van der Waals surface area contributed by atoms with E-state index in [4.69, 9.17) is 4.74 Å². The molecule has 11 heteroatoms. The molecule has 172 valence electrons. The predicted molar refractivity (Wildman–Crippen MR) is 115 cm³/mol. The summed E-state index contributed by atoms with van der Waals surface area (Å²) in [7, 11) is -3.40. The molecular weight excluding hydrogens is 441 g/mol.